The summed E-state index contributed by atoms with van der Waals surface area (Å²) in [7, 11) is 8.76. The van der Waals surface area contributed by atoms with Crippen molar-refractivity contribution < 1.29 is 76.4 Å². The first kappa shape index (κ1) is 75.3. The van der Waals surface area contributed by atoms with Crippen LogP contribution in [0.15, 0.2) is 66.7 Å². The van der Waals surface area contributed by atoms with Crippen molar-refractivity contribution in [2.45, 2.75) is 89.5 Å². The number of anilines is 3. The van der Waals surface area contributed by atoms with E-state index in [2.05, 4.69) is 92.2 Å². The number of carbonyl (C=O) groups is 4. The van der Waals surface area contributed by atoms with E-state index < -0.39 is 29.9 Å². The number of nitrogens with zero attached hydrogens (tertiary/aromatic N) is 4. The Morgan fingerprint density at radius 1 is 0.551 bits per heavy atom. The second kappa shape index (κ2) is 41.2. The molecule has 27 heteroatoms. The Morgan fingerprint density at radius 2 is 1.00 bits per heavy atom. The fourth-order valence-corrected chi connectivity index (χ4v) is 9.71. The molecule has 4 aromatic rings. The van der Waals surface area contributed by atoms with Crippen LogP contribution in [0, 0.1) is 0 Å². The predicted molar refractivity (Wildman–Crippen MR) is 337 cm³/mol. The second-order valence-corrected chi connectivity index (χ2v) is 23.1. The number of likely N-dealkylation sites (N-methyl/N-ethyl adjacent to an activating group) is 2. The topological polar surface area (TPSA) is 340 Å². The van der Waals surface area contributed by atoms with Gasteiger partial charge in [0.1, 0.15) is 36.8 Å². The van der Waals surface area contributed by atoms with Crippen LogP contribution in [0.25, 0.3) is 0 Å². The molecule has 0 fully saturated rings. The summed E-state index contributed by atoms with van der Waals surface area (Å²) in [5.74, 6) is -1.65. The zero-order valence-corrected chi connectivity index (χ0v) is 54.0. The fraction of sp³-hybridized carbons (Fsp3) is 0.581. The van der Waals surface area contributed by atoms with Gasteiger partial charge in [-0.3, -0.25) is 24.0 Å². The van der Waals surface area contributed by atoms with Gasteiger partial charge >= 0.3 is 0 Å². The highest BCUT2D eigenvalue weighted by Crippen LogP contribution is 2.23. The molecule has 4 rings (SSSR count). The highest BCUT2D eigenvalue weighted by molar-refractivity contribution is 6.33. The lowest BCUT2D eigenvalue weighted by Gasteiger charge is -2.38. The molecular formula is C62H95Cl2N11O14. The number of nitrogens with two attached hydrogens (primary N) is 3. The van der Waals surface area contributed by atoms with Crippen LogP contribution >= 0.6 is 23.2 Å². The summed E-state index contributed by atoms with van der Waals surface area (Å²) in [4.78, 5) is 62.9. The molecular weight excluding hydrogens is 1190 g/mol. The maximum atomic E-state index is 12.9. The van der Waals surface area contributed by atoms with Gasteiger partial charge in [-0.15, -0.1) is 0 Å². The molecule has 10 N–H and O–H groups in total. The minimum atomic E-state index is -2.44. The number of aryl methyl sites for hydroxylation is 2. The third-order valence-corrected chi connectivity index (χ3v) is 15.4. The number of quaternary nitrogens is 2. The maximum Gasteiger partial charge on any atom is 0.274 e. The third kappa shape index (κ3) is 28.7. The van der Waals surface area contributed by atoms with E-state index in [0.717, 1.165) is 84.9 Å². The number of carbonyl (C=O) groups excluding carboxylic acids is 4. The minimum absolute atomic E-state index is 0.0279. The molecule has 0 aliphatic heterocycles. The van der Waals surface area contributed by atoms with Crippen molar-refractivity contribution in [1.29, 1.82) is 0 Å². The van der Waals surface area contributed by atoms with E-state index in [0.29, 0.717) is 69.0 Å². The second-order valence-electron chi connectivity index (χ2n) is 22.4. The number of amides is 4. The van der Waals surface area contributed by atoms with Crippen LogP contribution in [0.5, 0.6) is 11.5 Å². The average molecular weight is 1290 g/mol. The predicted octanol–water partition coefficient (Wildman–Crippen LogP) is 2.91. The van der Waals surface area contributed by atoms with Gasteiger partial charge in [-0.25, -0.2) is 15.4 Å². The highest BCUT2D eigenvalue weighted by atomic mass is 35.5. The first-order valence-corrected chi connectivity index (χ1v) is 31.1. The SMILES string of the molecule is CCC[C@@H](CNC(=O)c1ccc(N)c(Cl)c1)[N+](C)(C)CCCc1ccc(OCCOCCOCCONC(=O)C([O-])C([O-])C(=O)NCCOCCOCCOCCOc2ccc(CCC[N+](C)(C)[C@@H](CCC)CNC(=O)c3nc(Cl)c(N)nc3N)cc2)cc1. The summed E-state index contributed by atoms with van der Waals surface area (Å²) in [5, 5.41) is 33.2. The Kier molecular flexibility index (Phi) is 34.9. The molecule has 0 saturated carbocycles. The number of hydrogen-bond donors (Lipinski definition) is 7. The highest BCUT2D eigenvalue weighted by Gasteiger charge is 2.30. The smallest absolute Gasteiger partial charge is 0.274 e. The van der Waals surface area contributed by atoms with Crippen molar-refractivity contribution in [2.75, 3.05) is 164 Å². The van der Waals surface area contributed by atoms with Gasteiger partial charge < -0.3 is 85.5 Å². The summed E-state index contributed by atoms with van der Waals surface area (Å²) in [6, 6.07) is 21.3. The van der Waals surface area contributed by atoms with Gasteiger partial charge in [0.15, 0.2) is 22.5 Å². The summed E-state index contributed by atoms with van der Waals surface area (Å²) in [6.45, 7) is 10.1. The van der Waals surface area contributed by atoms with Crippen LogP contribution < -0.4 is 58.3 Å². The van der Waals surface area contributed by atoms with Crippen molar-refractivity contribution in [3.05, 3.63) is 99.3 Å². The normalized spacial score (nSPS) is 13.1. The lowest BCUT2D eigenvalue weighted by atomic mass is 10.1. The molecule has 4 amide bonds. The van der Waals surface area contributed by atoms with Crippen LogP contribution in [0.2, 0.25) is 10.2 Å². The van der Waals surface area contributed by atoms with Crippen molar-refractivity contribution >= 4 is 64.2 Å². The molecule has 2 unspecified atom stereocenters. The molecule has 496 valence electrons. The van der Waals surface area contributed by atoms with Gasteiger partial charge in [-0.2, -0.15) is 0 Å². The van der Waals surface area contributed by atoms with Crippen molar-refractivity contribution in [2.24, 2.45) is 0 Å². The minimum Gasteiger partial charge on any atom is -0.845 e. The standard InChI is InChI=1S/C62H95Cl2N11O14/c1-7-11-47(42-69-59(78)46-19-24-52(65)51(63)41-46)74(3,4)26-9-13-44-15-20-50(21-16-44)88-39-36-85-33-34-86-37-40-89-73-62(81)55(77)54(76)61(80)68-25-28-82-29-30-83-31-32-84-35-38-87-49-22-17-45(18-23-49)14-10-27-75(5,6)48(12-8-2)43-70-60(79)53-57(66)72-58(67)56(64)71-53/h15-24,41,47-48,54-55H,7-14,25-40,42-43,65H2,1-6H3,(H,68,80)(H,69,78)(H,70,79)(H,73,81)(H4,66,67,72)/t47-,48-,54?,55?/m0/s1. The van der Waals surface area contributed by atoms with Gasteiger partial charge in [0.25, 0.3) is 11.8 Å². The first-order valence-electron chi connectivity index (χ1n) is 30.3. The number of halogens is 2. The Labute approximate surface area is 534 Å². The van der Waals surface area contributed by atoms with E-state index in [1.165, 1.54) is 11.1 Å². The molecule has 1 aromatic heterocycles. The molecule has 0 aliphatic carbocycles. The van der Waals surface area contributed by atoms with Crippen LogP contribution in [-0.2, 0) is 51.0 Å². The largest absolute Gasteiger partial charge is 0.845 e. The van der Waals surface area contributed by atoms with Crippen LogP contribution in [0.3, 0.4) is 0 Å². The lowest BCUT2D eigenvalue weighted by Crippen LogP contribution is -2.61. The van der Waals surface area contributed by atoms with Gasteiger partial charge in [-0.1, -0.05) is 74.2 Å². The third-order valence-electron chi connectivity index (χ3n) is 14.8. The molecule has 0 saturated heterocycles. The fourth-order valence-electron chi connectivity index (χ4n) is 9.40. The quantitative estimate of drug-likeness (QED) is 0.0145. The Balaban J connectivity index is 0.915. The van der Waals surface area contributed by atoms with E-state index in [9.17, 15) is 29.4 Å². The maximum absolute atomic E-state index is 12.9. The Hall–Kier alpha value is -6.20. The number of ether oxygens (including phenoxy) is 7. The van der Waals surface area contributed by atoms with E-state index >= 15 is 0 Å². The summed E-state index contributed by atoms with van der Waals surface area (Å²) in [6.07, 6.45) is 2.74. The Bertz CT molecular complexity index is 2720. The van der Waals surface area contributed by atoms with E-state index in [1.807, 2.05) is 29.7 Å². The first-order chi connectivity index (χ1) is 42.6. The van der Waals surface area contributed by atoms with E-state index in [-0.39, 0.29) is 93.3 Å². The number of nitrogen functional groups attached to an aromatic ring is 3. The number of nitrogens with one attached hydrogen (secondary N) is 4. The number of hydroxylamine groups is 1. The van der Waals surface area contributed by atoms with Gasteiger partial charge in [0, 0.05) is 37.8 Å². The number of rotatable bonds is 47. The molecule has 0 bridgehead atoms. The van der Waals surface area contributed by atoms with Gasteiger partial charge in [0.05, 0.1) is 138 Å². The van der Waals surface area contributed by atoms with Crippen LogP contribution in [0.4, 0.5) is 17.3 Å². The Morgan fingerprint density at radius 3 is 1.48 bits per heavy atom. The monoisotopic (exact) mass is 1290 g/mol. The molecule has 3 aromatic carbocycles. The van der Waals surface area contributed by atoms with E-state index in [4.69, 9.17) is 78.4 Å². The van der Waals surface area contributed by atoms with E-state index in [1.54, 1.807) is 18.2 Å². The molecule has 0 aliphatic rings. The van der Waals surface area contributed by atoms with Crippen LogP contribution in [-0.4, -0.2) is 214 Å². The van der Waals surface area contributed by atoms with Crippen molar-refractivity contribution in [3.63, 3.8) is 0 Å². The van der Waals surface area contributed by atoms with Gasteiger partial charge in [-0.05, 0) is 78.6 Å². The molecule has 4 atom stereocenters. The lowest BCUT2D eigenvalue weighted by molar-refractivity contribution is -0.914. The molecule has 1 heterocycles. The van der Waals surface area contributed by atoms with Gasteiger partial charge in [0.2, 0.25) is 11.8 Å². The van der Waals surface area contributed by atoms with Crippen molar-refractivity contribution in [1.82, 2.24) is 31.4 Å². The van der Waals surface area contributed by atoms with Crippen LogP contribution in [0.1, 0.15) is 84.3 Å². The number of hydrogen-bond acceptors (Lipinski definition) is 19. The number of aromatic nitrogens is 2. The summed E-state index contributed by atoms with van der Waals surface area (Å²) >= 11 is 12.1. The number of benzene rings is 3. The average Bonchev–Trinajstić information content (AvgIpc) is 3.72. The molecule has 25 nitrogen and oxygen atoms in total. The zero-order chi connectivity index (χ0) is 65.0. The van der Waals surface area contributed by atoms with Crippen molar-refractivity contribution in [3.8, 4) is 11.5 Å². The summed E-state index contributed by atoms with van der Waals surface area (Å²) in [5.41, 5.74) is 22.5. The molecule has 0 spiro atoms. The molecule has 0 radical (unpaired) electrons. The summed E-state index contributed by atoms with van der Waals surface area (Å²) < 4.78 is 40.6. The zero-order valence-electron chi connectivity index (χ0n) is 52.5. The molecule has 89 heavy (non-hydrogen) atoms.